The number of methoxy groups -OCH3 is 1. The molecule has 0 amide bonds. The van der Waals surface area contributed by atoms with Crippen molar-refractivity contribution < 1.29 is 9.47 Å². The Balaban J connectivity index is 2.14. The zero-order valence-electron chi connectivity index (χ0n) is 10.9. The number of pyridine rings is 1. The molecule has 0 saturated carbocycles. The molecule has 2 rings (SSSR count). The molecule has 1 heterocycles. The van der Waals surface area contributed by atoms with Crippen LogP contribution >= 0.6 is 11.6 Å². The molecule has 3 N–H and O–H groups in total. The quantitative estimate of drug-likeness (QED) is 0.655. The minimum Gasteiger partial charge on any atom is -0.496 e. The first-order chi connectivity index (χ1) is 9.60. The van der Waals surface area contributed by atoms with Crippen molar-refractivity contribution in [1.29, 1.82) is 5.41 Å². The SMILES string of the molecule is COc1ccc(COc2cncc(Cl)c2)cc1C(=N)N. The van der Waals surface area contributed by atoms with Gasteiger partial charge in [-0.1, -0.05) is 17.7 Å². The molecule has 0 fully saturated rings. The maximum Gasteiger partial charge on any atom is 0.139 e. The fraction of sp³-hybridized carbons (Fsp3) is 0.143. The fourth-order valence-electron chi connectivity index (χ4n) is 1.69. The average Bonchev–Trinajstić information content (AvgIpc) is 2.45. The molecular formula is C14H14ClN3O2. The number of aromatic nitrogens is 1. The van der Waals surface area contributed by atoms with Crippen molar-refractivity contribution in [3.8, 4) is 11.5 Å². The highest BCUT2D eigenvalue weighted by Gasteiger charge is 2.07. The first kappa shape index (κ1) is 14.1. The molecule has 1 aromatic carbocycles. The Labute approximate surface area is 121 Å². The molecule has 0 spiro atoms. The molecule has 104 valence electrons. The van der Waals surface area contributed by atoms with E-state index in [2.05, 4.69) is 4.98 Å². The van der Waals surface area contributed by atoms with E-state index in [0.29, 0.717) is 28.7 Å². The van der Waals surface area contributed by atoms with Gasteiger partial charge in [0.05, 0.1) is 23.9 Å². The summed E-state index contributed by atoms with van der Waals surface area (Å²) >= 11 is 5.83. The molecule has 0 unspecified atom stereocenters. The van der Waals surface area contributed by atoms with Crippen LogP contribution in [0.4, 0.5) is 0 Å². The summed E-state index contributed by atoms with van der Waals surface area (Å²) < 4.78 is 10.7. The number of rotatable bonds is 5. The molecule has 6 heteroatoms. The van der Waals surface area contributed by atoms with Crippen LogP contribution in [0.25, 0.3) is 0 Å². The van der Waals surface area contributed by atoms with Crippen LogP contribution < -0.4 is 15.2 Å². The maximum atomic E-state index is 7.53. The van der Waals surface area contributed by atoms with E-state index in [-0.39, 0.29) is 5.84 Å². The van der Waals surface area contributed by atoms with Gasteiger partial charge in [-0.05, 0) is 17.7 Å². The predicted octanol–water partition coefficient (Wildman–Crippen LogP) is 2.61. The summed E-state index contributed by atoms with van der Waals surface area (Å²) in [5, 5.41) is 8.05. The highest BCUT2D eigenvalue weighted by atomic mass is 35.5. The molecule has 0 aliphatic carbocycles. The van der Waals surface area contributed by atoms with Crippen molar-refractivity contribution in [3.63, 3.8) is 0 Å². The van der Waals surface area contributed by atoms with Gasteiger partial charge in [-0.25, -0.2) is 0 Å². The zero-order valence-corrected chi connectivity index (χ0v) is 11.6. The summed E-state index contributed by atoms with van der Waals surface area (Å²) in [5.41, 5.74) is 6.93. The smallest absolute Gasteiger partial charge is 0.139 e. The molecule has 1 aromatic heterocycles. The van der Waals surface area contributed by atoms with E-state index in [1.165, 1.54) is 13.3 Å². The molecule has 0 radical (unpaired) electrons. The molecule has 20 heavy (non-hydrogen) atoms. The standard InChI is InChI=1S/C14H14ClN3O2/c1-19-13-3-2-9(4-12(13)14(16)17)8-20-11-5-10(15)6-18-7-11/h2-7H,8H2,1H3,(H3,16,17). The van der Waals surface area contributed by atoms with Gasteiger partial charge >= 0.3 is 0 Å². The normalized spacial score (nSPS) is 10.1. The second-order valence-corrected chi connectivity index (χ2v) is 4.51. The van der Waals surface area contributed by atoms with Gasteiger partial charge < -0.3 is 15.2 Å². The summed E-state index contributed by atoms with van der Waals surface area (Å²) in [4.78, 5) is 3.94. The lowest BCUT2D eigenvalue weighted by atomic mass is 10.1. The van der Waals surface area contributed by atoms with Crippen molar-refractivity contribution in [1.82, 2.24) is 4.98 Å². The van der Waals surface area contributed by atoms with Gasteiger partial charge in [-0.2, -0.15) is 0 Å². The molecule has 0 saturated heterocycles. The lowest BCUT2D eigenvalue weighted by molar-refractivity contribution is 0.304. The highest BCUT2D eigenvalue weighted by Crippen LogP contribution is 2.21. The number of nitrogen functional groups attached to an aromatic ring is 1. The Morgan fingerprint density at radius 1 is 1.35 bits per heavy atom. The number of benzene rings is 1. The van der Waals surface area contributed by atoms with E-state index >= 15 is 0 Å². The number of hydrogen-bond donors (Lipinski definition) is 2. The third-order valence-electron chi connectivity index (χ3n) is 2.64. The molecule has 0 atom stereocenters. The summed E-state index contributed by atoms with van der Waals surface area (Å²) in [6, 6.07) is 7.05. The Kier molecular flexibility index (Phi) is 4.42. The minimum absolute atomic E-state index is 0.0480. The Hall–Kier alpha value is -2.27. The predicted molar refractivity (Wildman–Crippen MR) is 77.6 cm³/mol. The zero-order chi connectivity index (χ0) is 14.5. The minimum atomic E-state index is -0.0480. The summed E-state index contributed by atoms with van der Waals surface area (Å²) in [7, 11) is 1.54. The molecule has 0 aliphatic heterocycles. The highest BCUT2D eigenvalue weighted by molar-refractivity contribution is 6.30. The van der Waals surface area contributed by atoms with E-state index < -0.39 is 0 Å². The van der Waals surface area contributed by atoms with Crippen molar-refractivity contribution in [2.45, 2.75) is 6.61 Å². The van der Waals surface area contributed by atoms with E-state index in [1.54, 1.807) is 24.4 Å². The van der Waals surface area contributed by atoms with Crippen molar-refractivity contribution in [2.24, 2.45) is 5.73 Å². The maximum absolute atomic E-state index is 7.53. The second kappa shape index (κ2) is 6.25. The molecule has 0 aliphatic rings. The van der Waals surface area contributed by atoms with Gasteiger partial charge in [0.25, 0.3) is 0 Å². The summed E-state index contributed by atoms with van der Waals surface area (Å²) in [6.45, 7) is 0.326. The first-order valence-electron chi connectivity index (χ1n) is 5.85. The van der Waals surface area contributed by atoms with Gasteiger partial charge in [0.2, 0.25) is 0 Å². The molecular weight excluding hydrogens is 278 g/mol. The lowest BCUT2D eigenvalue weighted by Crippen LogP contribution is -2.13. The number of amidine groups is 1. The first-order valence-corrected chi connectivity index (χ1v) is 6.22. The van der Waals surface area contributed by atoms with E-state index in [4.69, 9.17) is 32.2 Å². The third kappa shape index (κ3) is 3.39. The monoisotopic (exact) mass is 291 g/mol. The molecule has 0 bridgehead atoms. The van der Waals surface area contributed by atoms with Gasteiger partial charge in [0.1, 0.15) is 23.9 Å². The topological polar surface area (TPSA) is 81.2 Å². The van der Waals surface area contributed by atoms with Crippen LogP contribution in [0.15, 0.2) is 36.7 Å². The van der Waals surface area contributed by atoms with Crippen LogP contribution in [-0.4, -0.2) is 17.9 Å². The summed E-state index contributed by atoms with van der Waals surface area (Å²) in [5.74, 6) is 1.09. The lowest BCUT2D eigenvalue weighted by Gasteiger charge is -2.10. The third-order valence-corrected chi connectivity index (χ3v) is 2.85. The van der Waals surface area contributed by atoms with Crippen LogP contribution in [0.3, 0.4) is 0 Å². The number of hydrogen-bond acceptors (Lipinski definition) is 4. The number of nitrogens with zero attached hydrogens (tertiary/aromatic N) is 1. The van der Waals surface area contributed by atoms with Crippen LogP contribution in [0.2, 0.25) is 5.02 Å². The number of ether oxygens (including phenoxy) is 2. The van der Waals surface area contributed by atoms with E-state index in [0.717, 1.165) is 5.56 Å². The number of nitrogens with one attached hydrogen (secondary N) is 1. The second-order valence-electron chi connectivity index (χ2n) is 4.08. The van der Waals surface area contributed by atoms with Crippen LogP contribution in [0.1, 0.15) is 11.1 Å². The van der Waals surface area contributed by atoms with Crippen molar-refractivity contribution >= 4 is 17.4 Å². The number of halogens is 1. The Bertz CT molecular complexity index is 632. The van der Waals surface area contributed by atoms with Gasteiger partial charge in [-0.3, -0.25) is 10.4 Å². The van der Waals surface area contributed by atoms with Gasteiger partial charge in [0, 0.05) is 12.3 Å². The van der Waals surface area contributed by atoms with Crippen LogP contribution in [-0.2, 0) is 6.61 Å². The van der Waals surface area contributed by atoms with E-state index in [9.17, 15) is 0 Å². The van der Waals surface area contributed by atoms with E-state index in [1.807, 2.05) is 6.07 Å². The number of nitrogens with two attached hydrogens (primary N) is 1. The largest absolute Gasteiger partial charge is 0.496 e. The van der Waals surface area contributed by atoms with Crippen molar-refractivity contribution in [2.75, 3.05) is 7.11 Å². The summed E-state index contributed by atoms with van der Waals surface area (Å²) in [6.07, 6.45) is 3.12. The van der Waals surface area contributed by atoms with Crippen LogP contribution in [0, 0.1) is 5.41 Å². The van der Waals surface area contributed by atoms with Gasteiger partial charge in [0.15, 0.2) is 0 Å². The molecule has 5 nitrogen and oxygen atoms in total. The molecule has 2 aromatic rings. The fourth-order valence-corrected chi connectivity index (χ4v) is 1.86. The van der Waals surface area contributed by atoms with Crippen LogP contribution in [0.5, 0.6) is 11.5 Å². The Morgan fingerprint density at radius 3 is 2.80 bits per heavy atom. The average molecular weight is 292 g/mol. The van der Waals surface area contributed by atoms with Crippen molar-refractivity contribution in [3.05, 3.63) is 52.8 Å². The van der Waals surface area contributed by atoms with Gasteiger partial charge in [-0.15, -0.1) is 0 Å². The Morgan fingerprint density at radius 2 is 2.15 bits per heavy atom.